The van der Waals surface area contributed by atoms with E-state index in [-0.39, 0.29) is 11.2 Å². The number of hydrogen-bond acceptors (Lipinski definition) is 4. The summed E-state index contributed by atoms with van der Waals surface area (Å²) in [5, 5.41) is 0.473. The summed E-state index contributed by atoms with van der Waals surface area (Å²) in [6.45, 7) is 2.01. The molecular weight excluding hydrogens is 382 g/mol. The van der Waals surface area contributed by atoms with Gasteiger partial charge in [0.25, 0.3) is 5.56 Å². The van der Waals surface area contributed by atoms with E-state index in [0.717, 1.165) is 21.4 Å². The van der Waals surface area contributed by atoms with Crippen LogP contribution in [0.4, 0.5) is 0 Å². The molecule has 0 spiro atoms. The van der Waals surface area contributed by atoms with Gasteiger partial charge in [-0.05, 0) is 24.6 Å². The third kappa shape index (κ3) is 2.90. The average molecular weight is 405 g/mol. The predicted molar refractivity (Wildman–Crippen MR) is 117 cm³/mol. The summed E-state index contributed by atoms with van der Waals surface area (Å²) in [5.74, 6) is 1.25. The maximum atomic E-state index is 13.1. The molecule has 0 unspecified atom stereocenters. The molecule has 0 atom stereocenters. The SMILES string of the molecule is COc1ccc(-n2cc3c(c2-c2ccc(C)cc2)c(=O)n(C)c(=O)n3C)c(OC)c1. The van der Waals surface area contributed by atoms with Crippen molar-refractivity contribution in [2.24, 2.45) is 14.1 Å². The number of ether oxygens (including phenoxy) is 2. The highest BCUT2D eigenvalue weighted by molar-refractivity contribution is 5.95. The third-order valence-electron chi connectivity index (χ3n) is 5.41. The molecule has 0 amide bonds. The van der Waals surface area contributed by atoms with E-state index in [2.05, 4.69) is 0 Å². The van der Waals surface area contributed by atoms with Crippen molar-refractivity contribution in [1.82, 2.24) is 13.7 Å². The molecular formula is C23H23N3O4. The van der Waals surface area contributed by atoms with Gasteiger partial charge in [-0.25, -0.2) is 4.79 Å². The van der Waals surface area contributed by atoms with Gasteiger partial charge in [-0.1, -0.05) is 29.8 Å². The maximum absolute atomic E-state index is 13.1. The summed E-state index contributed by atoms with van der Waals surface area (Å²) in [7, 11) is 6.34. The summed E-state index contributed by atoms with van der Waals surface area (Å²) in [5.41, 5.74) is 3.25. The van der Waals surface area contributed by atoms with E-state index in [1.54, 1.807) is 33.5 Å². The fourth-order valence-electron chi connectivity index (χ4n) is 3.71. The topological polar surface area (TPSA) is 67.4 Å². The van der Waals surface area contributed by atoms with Crippen molar-refractivity contribution < 1.29 is 9.47 Å². The van der Waals surface area contributed by atoms with Gasteiger partial charge in [0, 0.05) is 26.4 Å². The van der Waals surface area contributed by atoms with Crippen molar-refractivity contribution >= 4 is 10.9 Å². The zero-order chi connectivity index (χ0) is 21.6. The molecule has 0 fully saturated rings. The number of rotatable bonds is 4. The Morgan fingerprint density at radius 3 is 2.20 bits per heavy atom. The number of hydrogen-bond donors (Lipinski definition) is 0. The number of methoxy groups -OCH3 is 2. The van der Waals surface area contributed by atoms with E-state index in [9.17, 15) is 9.59 Å². The molecule has 0 aliphatic heterocycles. The molecule has 0 aliphatic carbocycles. The molecule has 0 aliphatic rings. The summed E-state index contributed by atoms with van der Waals surface area (Å²) in [4.78, 5) is 25.7. The van der Waals surface area contributed by atoms with Crippen molar-refractivity contribution in [2.45, 2.75) is 6.92 Å². The monoisotopic (exact) mass is 405 g/mol. The van der Waals surface area contributed by atoms with Crippen LogP contribution in [-0.2, 0) is 14.1 Å². The minimum atomic E-state index is -0.373. The zero-order valence-electron chi connectivity index (χ0n) is 17.6. The second-order valence-corrected chi connectivity index (χ2v) is 7.22. The minimum absolute atomic E-state index is 0.338. The molecule has 4 aromatic rings. The Labute approximate surface area is 173 Å². The lowest BCUT2D eigenvalue weighted by Crippen LogP contribution is -2.36. The Morgan fingerprint density at radius 1 is 0.867 bits per heavy atom. The zero-order valence-corrected chi connectivity index (χ0v) is 17.6. The first-order valence-electron chi connectivity index (χ1n) is 9.48. The number of fused-ring (bicyclic) bond motifs is 1. The van der Waals surface area contributed by atoms with Crippen molar-refractivity contribution in [1.29, 1.82) is 0 Å². The molecule has 0 saturated heterocycles. The first-order valence-corrected chi connectivity index (χ1v) is 9.48. The Morgan fingerprint density at radius 2 is 1.57 bits per heavy atom. The van der Waals surface area contributed by atoms with Gasteiger partial charge < -0.3 is 14.0 Å². The van der Waals surface area contributed by atoms with E-state index in [1.165, 1.54) is 11.6 Å². The largest absolute Gasteiger partial charge is 0.497 e. The van der Waals surface area contributed by atoms with Crippen LogP contribution < -0.4 is 20.7 Å². The second-order valence-electron chi connectivity index (χ2n) is 7.22. The number of benzene rings is 2. The van der Waals surface area contributed by atoms with E-state index < -0.39 is 0 Å². The lowest BCUT2D eigenvalue weighted by Gasteiger charge is -2.15. The molecule has 0 radical (unpaired) electrons. The van der Waals surface area contributed by atoms with Gasteiger partial charge in [0.15, 0.2) is 0 Å². The highest BCUT2D eigenvalue weighted by Crippen LogP contribution is 2.35. The highest BCUT2D eigenvalue weighted by atomic mass is 16.5. The number of aromatic nitrogens is 3. The van der Waals surface area contributed by atoms with Gasteiger partial charge in [0.05, 0.1) is 36.5 Å². The first-order chi connectivity index (χ1) is 14.4. The van der Waals surface area contributed by atoms with Crippen molar-refractivity contribution in [3.63, 3.8) is 0 Å². The van der Waals surface area contributed by atoms with Crippen LogP contribution in [0.5, 0.6) is 11.5 Å². The van der Waals surface area contributed by atoms with Crippen LogP contribution in [0, 0.1) is 6.92 Å². The Bertz CT molecular complexity index is 1380. The fraction of sp³-hybridized carbons (Fsp3) is 0.217. The lowest BCUT2D eigenvalue weighted by molar-refractivity contribution is 0.393. The van der Waals surface area contributed by atoms with Crippen molar-refractivity contribution in [3.05, 3.63) is 75.1 Å². The van der Waals surface area contributed by atoms with E-state index >= 15 is 0 Å². The molecule has 0 N–H and O–H groups in total. The smallest absolute Gasteiger partial charge is 0.330 e. The Kier molecular flexibility index (Phi) is 4.73. The maximum Gasteiger partial charge on any atom is 0.330 e. The van der Waals surface area contributed by atoms with Crippen LogP contribution in [0.1, 0.15) is 5.56 Å². The summed E-state index contributed by atoms with van der Waals surface area (Å²) in [6.07, 6.45) is 1.80. The van der Waals surface area contributed by atoms with Crippen LogP contribution in [0.15, 0.2) is 58.3 Å². The summed E-state index contributed by atoms with van der Waals surface area (Å²) in [6, 6.07) is 13.4. The Hall–Kier alpha value is -3.74. The quantitative estimate of drug-likeness (QED) is 0.523. The summed E-state index contributed by atoms with van der Waals surface area (Å²) < 4.78 is 15.4. The van der Waals surface area contributed by atoms with Gasteiger partial charge in [-0.3, -0.25) is 13.9 Å². The van der Waals surface area contributed by atoms with Crippen molar-refractivity contribution in [3.8, 4) is 28.4 Å². The molecule has 0 bridgehead atoms. The van der Waals surface area contributed by atoms with Crippen LogP contribution in [0.2, 0.25) is 0 Å². The third-order valence-corrected chi connectivity index (χ3v) is 5.41. The first kappa shape index (κ1) is 19.6. The van der Waals surface area contributed by atoms with Gasteiger partial charge in [0.1, 0.15) is 11.5 Å². The van der Waals surface area contributed by atoms with Crippen molar-refractivity contribution in [2.75, 3.05) is 14.2 Å². The van der Waals surface area contributed by atoms with Gasteiger partial charge in [-0.2, -0.15) is 0 Å². The van der Waals surface area contributed by atoms with E-state index in [1.807, 2.05) is 47.9 Å². The Balaban J connectivity index is 2.18. The molecule has 7 nitrogen and oxygen atoms in total. The fourth-order valence-corrected chi connectivity index (χ4v) is 3.71. The molecule has 7 heteroatoms. The van der Waals surface area contributed by atoms with Gasteiger partial charge in [0.2, 0.25) is 0 Å². The normalized spacial score (nSPS) is 11.1. The van der Waals surface area contributed by atoms with E-state index in [4.69, 9.17) is 9.47 Å². The number of aryl methyl sites for hydroxylation is 2. The number of nitrogens with zero attached hydrogens (tertiary/aromatic N) is 3. The molecule has 0 saturated carbocycles. The average Bonchev–Trinajstić information content (AvgIpc) is 3.16. The van der Waals surface area contributed by atoms with E-state index in [0.29, 0.717) is 28.1 Å². The minimum Gasteiger partial charge on any atom is -0.497 e. The van der Waals surface area contributed by atoms with Crippen LogP contribution in [-0.4, -0.2) is 27.9 Å². The van der Waals surface area contributed by atoms with Gasteiger partial charge in [-0.15, -0.1) is 0 Å². The molecule has 30 heavy (non-hydrogen) atoms. The van der Waals surface area contributed by atoms with Crippen LogP contribution in [0.25, 0.3) is 27.8 Å². The van der Waals surface area contributed by atoms with Crippen LogP contribution >= 0.6 is 0 Å². The molecule has 2 aromatic carbocycles. The predicted octanol–water partition coefficient (Wildman–Crippen LogP) is 3.02. The highest BCUT2D eigenvalue weighted by Gasteiger charge is 2.21. The molecule has 4 rings (SSSR count). The van der Waals surface area contributed by atoms with Crippen LogP contribution in [0.3, 0.4) is 0 Å². The summed E-state index contributed by atoms with van der Waals surface area (Å²) >= 11 is 0. The van der Waals surface area contributed by atoms with Gasteiger partial charge >= 0.3 is 5.69 Å². The molecule has 2 aromatic heterocycles. The second kappa shape index (κ2) is 7.26. The molecule has 2 heterocycles. The lowest BCUT2D eigenvalue weighted by atomic mass is 10.1. The standard InChI is InChI=1S/C23H23N3O4/c1-14-6-8-15(9-7-14)21-20-18(24(2)23(28)25(3)22(20)27)13-26(21)17-11-10-16(29-4)12-19(17)30-5/h6-13H,1-5H3. The molecule has 154 valence electrons.